The zero-order valence-electron chi connectivity index (χ0n) is 22.1. The molecule has 2 atom stereocenters. The van der Waals surface area contributed by atoms with Gasteiger partial charge >= 0.3 is 0 Å². The lowest BCUT2D eigenvalue weighted by molar-refractivity contribution is 0.0829. The van der Waals surface area contributed by atoms with Crippen LogP contribution in [0.15, 0.2) is 71.6 Å². The van der Waals surface area contributed by atoms with Crippen molar-refractivity contribution in [1.29, 1.82) is 0 Å². The van der Waals surface area contributed by atoms with Crippen molar-refractivity contribution in [2.75, 3.05) is 13.1 Å². The second-order valence-electron chi connectivity index (χ2n) is 9.36. The number of aryl methyl sites for hydroxylation is 1. The monoisotopic (exact) mass is 559 g/mol. The van der Waals surface area contributed by atoms with Crippen LogP contribution in [-0.2, 0) is 29.4 Å². The highest BCUT2D eigenvalue weighted by Gasteiger charge is 2.23. The van der Waals surface area contributed by atoms with Gasteiger partial charge in [0.25, 0.3) is 5.91 Å². The van der Waals surface area contributed by atoms with E-state index in [0.717, 1.165) is 30.2 Å². The molecule has 10 heteroatoms. The summed E-state index contributed by atoms with van der Waals surface area (Å²) in [4.78, 5) is 13.1. The van der Waals surface area contributed by atoms with E-state index in [0.29, 0.717) is 19.5 Å². The van der Waals surface area contributed by atoms with Gasteiger partial charge in [-0.3, -0.25) is 4.79 Å². The highest BCUT2D eigenvalue weighted by molar-refractivity contribution is 7.89. The first-order chi connectivity index (χ1) is 18.6. The van der Waals surface area contributed by atoms with Gasteiger partial charge in [0.05, 0.1) is 17.0 Å². The molecule has 0 aromatic heterocycles. The molecule has 3 rings (SSSR count). The van der Waals surface area contributed by atoms with E-state index in [-0.39, 0.29) is 29.0 Å². The molecule has 0 heterocycles. The van der Waals surface area contributed by atoms with Gasteiger partial charge in [-0.2, -0.15) is 0 Å². The van der Waals surface area contributed by atoms with Gasteiger partial charge in [0, 0.05) is 31.3 Å². The number of carbonyl (C=O) groups is 1. The Balaban J connectivity index is 1.72. The third-order valence-electron chi connectivity index (χ3n) is 6.21. The Morgan fingerprint density at radius 2 is 1.59 bits per heavy atom. The smallest absolute Gasteiger partial charge is 0.251 e. The van der Waals surface area contributed by atoms with Gasteiger partial charge in [0.15, 0.2) is 0 Å². The Morgan fingerprint density at radius 1 is 0.923 bits per heavy atom. The summed E-state index contributed by atoms with van der Waals surface area (Å²) in [6, 6.07) is 15.6. The molecule has 4 N–H and O–H groups in total. The molecule has 0 radical (unpaired) electrons. The number of hydrogen-bond acceptors (Lipinski definition) is 5. The highest BCUT2D eigenvalue weighted by Crippen LogP contribution is 2.15. The van der Waals surface area contributed by atoms with Crippen LogP contribution >= 0.6 is 0 Å². The van der Waals surface area contributed by atoms with Crippen LogP contribution in [0.3, 0.4) is 0 Å². The fraction of sp³-hybridized carbons (Fsp3) is 0.345. The fourth-order valence-corrected chi connectivity index (χ4v) is 5.22. The van der Waals surface area contributed by atoms with E-state index >= 15 is 0 Å². The van der Waals surface area contributed by atoms with Crippen LogP contribution in [0.4, 0.5) is 8.78 Å². The molecular weight excluding hydrogens is 524 g/mol. The maximum atomic E-state index is 13.8. The first-order valence-corrected chi connectivity index (χ1v) is 14.4. The van der Waals surface area contributed by atoms with Gasteiger partial charge in [-0.05, 0) is 72.4 Å². The molecule has 39 heavy (non-hydrogen) atoms. The molecule has 0 bridgehead atoms. The van der Waals surface area contributed by atoms with Gasteiger partial charge in [-0.15, -0.1) is 0 Å². The Morgan fingerprint density at radius 3 is 2.23 bits per heavy atom. The van der Waals surface area contributed by atoms with Crippen LogP contribution in [0.1, 0.15) is 47.3 Å². The summed E-state index contributed by atoms with van der Waals surface area (Å²) in [5, 5.41) is 16.9. The minimum absolute atomic E-state index is 0.0238. The zero-order chi connectivity index (χ0) is 28.4. The lowest BCUT2D eigenvalue weighted by Crippen LogP contribution is -2.48. The van der Waals surface area contributed by atoms with Crippen LogP contribution < -0.4 is 15.4 Å². The second-order valence-corrected chi connectivity index (χ2v) is 11.1. The molecule has 0 spiro atoms. The summed E-state index contributed by atoms with van der Waals surface area (Å²) in [6.45, 7) is 4.80. The summed E-state index contributed by atoms with van der Waals surface area (Å²) in [7, 11) is -3.69. The van der Waals surface area contributed by atoms with Crippen LogP contribution in [0.2, 0.25) is 0 Å². The Labute approximate surface area is 228 Å². The molecule has 3 aromatic carbocycles. The van der Waals surface area contributed by atoms with E-state index in [1.54, 1.807) is 0 Å². The number of halogens is 2. The van der Waals surface area contributed by atoms with Gasteiger partial charge in [-0.1, -0.05) is 38.1 Å². The molecule has 1 amide bonds. The molecule has 3 aromatic rings. The van der Waals surface area contributed by atoms with E-state index in [9.17, 15) is 27.1 Å². The summed E-state index contributed by atoms with van der Waals surface area (Å²) in [6.07, 6.45) is 0.421. The van der Waals surface area contributed by atoms with Crippen molar-refractivity contribution in [2.45, 2.75) is 56.7 Å². The van der Waals surface area contributed by atoms with Crippen molar-refractivity contribution >= 4 is 15.9 Å². The first-order valence-electron chi connectivity index (χ1n) is 12.9. The largest absolute Gasteiger partial charge is 0.390 e. The number of carbonyl (C=O) groups excluding carboxylic acids is 1. The van der Waals surface area contributed by atoms with Crippen molar-refractivity contribution in [3.05, 3.63) is 101 Å². The average Bonchev–Trinajstić information content (AvgIpc) is 2.91. The van der Waals surface area contributed by atoms with E-state index in [2.05, 4.69) is 28.3 Å². The maximum absolute atomic E-state index is 13.8. The predicted octanol–water partition coefficient (Wildman–Crippen LogP) is 3.71. The normalized spacial score (nSPS) is 13.2. The zero-order valence-corrected chi connectivity index (χ0v) is 22.9. The molecule has 0 fully saturated rings. The third-order valence-corrected chi connectivity index (χ3v) is 7.69. The number of rotatable bonds is 14. The molecule has 210 valence electrons. The lowest BCUT2D eigenvalue weighted by atomic mass is 10.00. The van der Waals surface area contributed by atoms with Crippen LogP contribution in [0.25, 0.3) is 0 Å². The highest BCUT2D eigenvalue weighted by atomic mass is 32.2. The van der Waals surface area contributed by atoms with E-state index in [1.807, 2.05) is 25.1 Å². The van der Waals surface area contributed by atoms with Crippen LogP contribution in [0, 0.1) is 11.6 Å². The molecule has 0 aliphatic rings. The van der Waals surface area contributed by atoms with Gasteiger partial charge in [-0.25, -0.2) is 21.9 Å². The van der Waals surface area contributed by atoms with Crippen molar-refractivity contribution in [3.63, 3.8) is 0 Å². The average molecular weight is 560 g/mol. The molecule has 0 saturated heterocycles. The number of amides is 1. The number of aliphatic hydroxyl groups is 1. The van der Waals surface area contributed by atoms with Crippen LogP contribution in [0.5, 0.6) is 0 Å². The minimum Gasteiger partial charge on any atom is -0.390 e. The quantitative estimate of drug-likeness (QED) is 0.241. The molecule has 0 saturated carbocycles. The Hall–Kier alpha value is -3.18. The molecular formula is C29H35F2N3O4S. The Kier molecular flexibility index (Phi) is 11.1. The number of aliphatic hydroxyl groups excluding tert-OH is 1. The summed E-state index contributed by atoms with van der Waals surface area (Å²) in [5.41, 5.74) is 2.68. The summed E-state index contributed by atoms with van der Waals surface area (Å²) < 4.78 is 54.7. The van der Waals surface area contributed by atoms with Crippen LogP contribution in [-0.4, -0.2) is 44.7 Å². The second kappa shape index (κ2) is 14.3. The van der Waals surface area contributed by atoms with Crippen molar-refractivity contribution in [3.8, 4) is 0 Å². The van der Waals surface area contributed by atoms with E-state index in [4.69, 9.17) is 0 Å². The molecule has 0 aliphatic carbocycles. The number of nitrogens with one attached hydrogen (secondary N) is 3. The first kappa shape index (κ1) is 30.4. The number of hydrogen-bond donors (Lipinski definition) is 4. The minimum atomic E-state index is -3.69. The van der Waals surface area contributed by atoms with Crippen molar-refractivity contribution < 1.29 is 27.1 Å². The van der Waals surface area contributed by atoms with E-state index in [1.165, 1.54) is 29.8 Å². The lowest BCUT2D eigenvalue weighted by Gasteiger charge is -2.25. The van der Waals surface area contributed by atoms with Gasteiger partial charge < -0.3 is 15.7 Å². The third kappa shape index (κ3) is 9.21. The topological polar surface area (TPSA) is 108 Å². The standard InChI is InChI=1S/C29H35F2N3O4S/c1-3-12-33-39(37,38)26-10-8-23(9-11-26)29(36)34-27(16-22-14-24(30)17-25(31)15-22)28(35)19-32-18-21-7-5-6-20(4-2)13-21/h5-11,13-15,17,27-28,32-33,35H,3-4,12,16,18-19H2,1-2H3,(H,34,36)/t27-,28+/m0/s1. The summed E-state index contributed by atoms with van der Waals surface area (Å²) >= 11 is 0. The van der Waals surface area contributed by atoms with Crippen molar-refractivity contribution in [2.24, 2.45) is 0 Å². The molecule has 7 nitrogen and oxygen atoms in total. The predicted molar refractivity (Wildman–Crippen MR) is 147 cm³/mol. The Bertz CT molecular complexity index is 1330. The van der Waals surface area contributed by atoms with E-state index < -0.39 is 39.7 Å². The van der Waals surface area contributed by atoms with Gasteiger partial charge in [0.1, 0.15) is 11.6 Å². The maximum Gasteiger partial charge on any atom is 0.251 e. The molecule has 0 aliphatic heterocycles. The van der Waals surface area contributed by atoms with Crippen molar-refractivity contribution in [1.82, 2.24) is 15.4 Å². The van der Waals surface area contributed by atoms with Gasteiger partial charge in [0.2, 0.25) is 10.0 Å². The summed E-state index contributed by atoms with van der Waals surface area (Å²) in [5.74, 6) is -2.07. The molecule has 0 unspecified atom stereocenters. The SMILES string of the molecule is CCCNS(=O)(=O)c1ccc(C(=O)N[C@@H](Cc2cc(F)cc(F)c2)[C@H](O)CNCc2cccc(CC)c2)cc1. The number of benzene rings is 3. The fourth-order valence-electron chi connectivity index (χ4n) is 4.09. The number of sulfonamides is 1.